The topological polar surface area (TPSA) is 29.3 Å². The summed E-state index contributed by atoms with van der Waals surface area (Å²) >= 11 is 0. The fourth-order valence-electron chi connectivity index (χ4n) is 2.17. The highest BCUT2D eigenvalue weighted by Gasteiger charge is 2.36. The zero-order valence-electron chi connectivity index (χ0n) is 9.96. The molecule has 1 saturated heterocycles. The van der Waals surface area contributed by atoms with Crippen molar-refractivity contribution in [1.29, 1.82) is 0 Å². The van der Waals surface area contributed by atoms with Gasteiger partial charge in [-0.2, -0.15) is 0 Å². The van der Waals surface area contributed by atoms with Crippen LogP contribution in [-0.4, -0.2) is 17.0 Å². The highest BCUT2D eigenvalue weighted by atomic mass is 19.1. The minimum atomic E-state index is -0.134. The molecule has 3 heteroatoms. The minimum Gasteiger partial charge on any atom is -0.326 e. The zero-order chi connectivity index (χ0) is 11.8. The van der Waals surface area contributed by atoms with Crippen molar-refractivity contribution in [1.82, 2.24) is 4.90 Å². The minimum absolute atomic E-state index is 0.134. The van der Waals surface area contributed by atoms with E-state index in [4.69, 9.17) is 5.73 Å². The number of hydrogen-bond acceptors (Lipinski definition) is 2. The van der Waals surface area contributed by atoms with Gasteiger partial charge >= 0.3 is 0 Å². The summed E-state index contributed by atoms with van der Waals surface area (Å²) in [5.41, 5.74) is 7.52. The van der Waals surface area contributed by atoms with Crippen molar-refractivity contribution >= 4 is 0 Å². The van der Waals surface area contributed by atoms with E-state index in [0.717, 1.165) is 17.7 Å². The van der Waals surface area contributed by atoms with Crippen molar-refractivity contribution in [2.45, 2.75) is 38.9 Å². The molecule has 2 N–H and O–H groups in total. The predicted molar refractivity (Wildman–Crippen MR) is 63.4 cm³/mol. The Labute approximate surface area is 96.2 Å². The fourth-order valence-corrected chi connectivity index (χ4v) is 2.17. The van der Waals surface area contributed by atoms with E-state index in [0.29, 0.717) is 13.1 Å². The van der Waals surface area contributed by atoms with Crippen molar-refractivity contribution in [2.75, 3.05) is 6.54 Å². The van der Waals surface area contributed by atoms with Crippen LogP contribution in [0.15, 0.2) is 18.2 Å². The predicted octanol–water partition coefficient (Wildman–Crippen LogP) is 2.27. The quantitative estimate of drug-likeness (QED) is 0.850. The Bertz CT molecular complexity index is 388. The molecule has 1 fully saturated rings. The summed E-state index contributed by atoms with van der Waals surface area (Å²) in [4.78, 5) is 2.30. The van der Waals surface area contributed by atoms with E-state index in [1.807, 2.05) is 6.07 Å². The van der Waals surface area contributed by atoms with Crippen LogP contribution >= 0.6 is 0 Å². The third kappa shape index (κ3) is 1.97. The van der Waals surface area contributed by atoms with E-state index >= 15 is 0 Å². The Hall–Kier alpha value is -0.930. The van der Waals surface area contributed by atoms with Crippen LogP contribution in [0, 0.1) is 5.82 Å². The number of nitrogens with two attached hydrogens (primary N) is 1. The number of nitrogens with zero attached hydrogens (tertiary/aromatic N) is 1. The van der Waals surface area contributed by atoms with E-state index in [9.17, 15) is 4.39 Å². The van der Waals surface area contributed by atoms with Crippen LogP contribution in [0.3, 0.4) is 0 Å². The van der Waals surface area contributed by atoms with E-state index in [1.54, 1.807) is 6.07 Å². The molecule has 1 aromatic rings. The van der Waals surface area contributed by atoms with Gasteiger partial charge in [0.25, 0.3) is 0 Å². The molecule has 0 amide bonds. The Balaban J connectivity index is 2.21. The van der Waals surface area contributed by atoms with E-state index in [2.05, 4.69) is 18.7 Å². The van der Waals surface area contributed by atoms with Crippen LogP contribution in [0.5, 0.6) is 0 Å². The molecule has 0 atom stereocenters. The molecule has 0 unspecified atom stereocenters. The summed E-state index contributed by atoms with van der Waals surface area (Å²) < 4.78 is 13.7. The third-order valence-electron chi connectivity index (χ3n) is 3.63. The summed E-state index contributed by atoms with van der Waals surface area (Å²) in [6.07, 6.45) is 1.18. The molecule has 1 aliphatic rings. The second kappa shape index (κ2) is 4.15. The summed E-state index contributed by atoms with van der Waals surface area (Å²) in [5.74, 6) is -0.134. The Morgan fingerprint density at radius 1 is 1.44 bits per heavy atom. The molecule has 0 aromatic heterocycles. The van der Waals surface area contributed by atoms with E-state index < -0.39 is 0 Å². The number of halogens is 1. The molecule has 16 heavy (non-hydrogen) atoms. The molecule has 1 aliphatic heterocycles. The highest BCUT2D eigenvalue weighted by Crippen LogP contribution is 2.32. The van der Waals surface area contributed by atoms with Gasteiger partial charge < -0.3 is 5.73 Å². The second-order valence-corrected chi connectivity index (χ2v) is 5.07. The normalized spacial score (nSPS) is 19.5. The Morgan fingerprint density at radius 3 is 2.69 bits per heavy atom. The van der Waals surface area contributed by atoms with Crippen LogP contribution in [0.4, 0.5) is 4.39 Å². The first-order valence-electron chi connectivity index (χ1n) is 5.76. The van der Waals surface area contributed by atoms with E-state index in [-0.39, 0.29) is 11.4 Å². The molecular formula is C13H19FN2. The van der Waals surface area contributed by atoms with Crippen molar-refractivity contribution in [2.24, 2.45) is 5.73 Å². The lowest BCUT2D eigenvalue weighted by molar-refractivity contribution is 0.00686. The van der Waals surface area contributed by atoms with Crippen LogP contribution < -0.4 is 5.73 Å². The Morgan fingerprint density at radius 2 is 2.19 bits per heavy atom. The summed E-state index contributed by atoms with van der Waals surface area (Å²) in [7, 11) is 0. The van der Waals surface area contributed by atoms with Gasteiger partial charge in [-0.25, -0.2) is 4.39 Å². The monoisotopic (exact) mass is 222 g/mol. The largest absolute Gasteiger partial charge is 0.326 e. The lowest BCUT2D eigenvalue weighted by atomic mass is 9.88. The average molecular weight is 222 g/mol. The molecule has 0 saturated carbocycles. The first-order valence-corrected chi connectivity index (χ1v) is 5.76. The van der Waals surface area contributed by atoms with Gasteiger partial charge in [0.2, 0.25) is 0 Å². The van der Waals surface area contributed by atoms with Gasteiger partial charge in [0.05, 0.1) is 0 Å². The van der Waals surface area contributed by atoms with Crippen molar-refractivity contribution in [3.8, 4) is 0 Å². The van der Waals surface area contributed by atoms with Gasteiger partial charge in [-0.1, -0.05) is 12.1 Å². The van der Waals surface area contributed by atoms with Crippen molar-refractivity contribution in [3.63, 3.8) is 0 Å². The molecular weight excluding hydrogens is 203 g/mol. The average Bonchev–Trinajstić information content (AvgIpc) is 2.25. The van der Waals surface area contributed by atoms with Gasteiger partial charge in [0.15, 0.2) is 0 Å². The Kier molecular flexibility index (Phi) is 3.00. The molecule has 88 valence electrons. The standard InChI is InChI=1S/C13H19FN2/c1-13(2)6-7-16(13)9-11-10(8-15)4-3-5-12(11)14/h3-5H,6-9,15H2,1-2H3. The lowest BCUT2D eigenvalue weighted by Crippen LogP contribution is -2.55. The molecule has 0 aliphatic carbocycles. The van der Waals surface area contributed by atoms with Gasteiger partial charge in [-0.05, 0) is 31.9 Å². The summed E-state index contributed by atoms with van der Waals surface area (Å²) in [5, 5.41) is 0. The van der Waals surface area contributed by atoms with Gasteiger partial charge in [0, 0.05) is 30.7 Å². The summed E-state index contributed by atoms with van der Waals surface area (Å²) in [6, 6.07) is 5.15. The first kappa shape index (κ1) is 11.6. The number of hydrogen-bond donors (Lipinski definition) is 1. The molecule has 1 aromatic carbocycles. The molecule has 0 radical (unpaired) electrons. The first-order chi connectivity index (χ1) is 7.54. The molecule has 0 bridgehead atoms. The van der Waals surface area contributed by atoms with Gasteiger partial charge in [-0.15, -0.1) is 0 Å². The zero-order valence-corrected chi connectivity index (χ0v) is 9.96. The third-order valence-corrected chi connectivity index (χ3v) is 3.63. The maximum Gasteiger partial charge on any atom is 0.128 e. The van der Waals surface area contributed by atoms with Crippen LogP contribution in [0.25, 0.3) is 0 Å². The molecule has 2 rings (SSSR count). The van der Waals surface area contributed by atoms with Gasteiger partial charge in [-0.3, -0.25) is 4.90 Å². The van der Waals surface area contributed by atoms with Crippen LogP contribution in [-0.2, 0) is 13.1 Å². The maximum atomic E-state index is 13.7. The van der Waals surface area contributed by atoms with Crippen molar-refractivity contribution in [3.05, 3.63) is 35.1 Å². The van der Waals surface area contributed by atoms with Crippen LogP contribution in [0.2, 0.25) is 0 Å². The SMILES string of the molecule is CC1(C)CCN1Cc1c(F)cccc1CN. The smallest absolute Gasteiger partial charge is 0.128 e. The fraction of sp³-hybridized carbons (Fsp3) is 0.538. The maximum absolute atomic E-state index is 13.7. The van der Waals surface area contributed by atoms with Crippen molar-refractivity contribution < 1.29 is 4.39 Å². The van der Waals surface area contributed by atoms with Crippen LogP contribution in [0.1, 0.15) is 31.4 Å². The second-order valence-electron chi connectivity index (χ2n) is 5.07. The van der Waals surface area contributed by atoms with Gasteiger partial charge in [0.1, 0.15) is 5.82 Å². The number of likely N-dealkylation sites (tertiary alicyclic amines) is 1. The lowest BCUT2D eigenvalue weighted by Gasteiger charge is -2.48. The number of rotatable bonds is 3. The molecule has 2 nitrogen and oxygen atoms in total. The molecule has 1 heterocycles. The molecule has 0 spiro atoms. The summed E-state index contributed by atoms with van der Waals surface area (Å²) in [6.45, 7) is 6.51. The number of benzene rings is 1. The van der Waals surface area contributed by atoms with E-state index in [1.165, 1.54) is 12.5 Å². The highest BCUT2D eigenvalue weighted by molar-refractivity contribution is 5.29.